The van der Waals surface area contributed by atoms with Crippen molar-refractivity contribution in [2.45, 2.75) is 60.3 Å². The molecular formula is C17H28. The molecule has 0 amide bonds. The van der Waals surface area contributed by atoms with E-state index in [9.17, 15) is 0 Å². The lowest BCUT2D eigenvalue weighted by Gasteiger charge is -2.03. The third-order valence-corrected chi connectivity index (χ3v) is 2.66. The highest BCUT2D eigenvalue weighted by atomic mass is 14.1. The molecule has 0 radical (unpaired) electrons. The Labute approximate surface area is 108 Å². The average Bonchev–Trinajstić information content (AvgIpc) is 2.88. The zero-order valence-electron chi connectivity index (χ0n) is 12.2. The van der Waals surface area contributed by atoms with Crippen LogP contribution in [0, 0.1) is 0 Å². The summed E-state index contributed by atoms with van der Waals surface area (Å²) in [6, 6.07) is 6.90. The first kappa shape index (κ1) is 16.0. The first-order valence-electron chi connectivity index (χ1n) is 7.18. The van der Waals surface area contributed by atoms with Gasteiger partial charge in [-0.3, -0.25) is 0 Å². The fourth-order valence-electron chi connectivity index (χ4n) is 1.83. The standard InChI is InChI=1S/C13H16.2C2H6/c1-2-3-5-11-8-9-12-6-4-7-13(12)10-11;2*1-2/h4,7-10H,2-3,5-6H2,1H3;2*1-2H3. The van der Waals surface area contributed by atoms with Gasteiger partial charge in [0.2, 0.25) is 0 Å². The van der Waals surface area contributed by atoms with E-state index in [0.717, 1.165) is 6.42 Å². The van der Waals surface area contributed by atoms with E-state index in [-0.39, 0.29) is 0 Å². The highest BCUT2D eigenvalue weighted by molar-refractivity contribution is 5.60. The molecule has 2 rings (SSSR count). The Kier molecular flexibility index (Phi) is 9.52. The minimum Gasteiger partial charge on any atom is -0.0795 e. The SMILES string of the molecule is CC.CC.CCCCc1ccc2c(c1)C=CC2. The number of aryl methyl sites for hydroxylation is 1. The largest absolute Gasteiger partial charge is 0.0795 e. The predicted octanol–water partition coefficient (Wildman–Crippen LogP) is 5.65. The molecule has 0 atom stereocenters. The third kappa shape index (κ3) is 5.21. The summed E-state index contributed by atoms with van der Waals surface area (Å²) in [5.74, 6) is 0. The third-order valence-electron chi connectivity index (χ3n) is 2.66. The maximum absolute atomic E-state index is 2.34. The van der Waals surface area contributed by atoms with Crippen molar-refractivity contribution >= 4 is 6.08 Å². The Hall–Kier alpha value is -1.04. The van der Waals surface area contributed by atoms with Gasteiger partial charge in [0.05, 0.1) is 0 Å². The maximum Gasteiger partial charge on any atom is -0.00882 e. The number of hydrogen-bond donors (Lipinski definition) is 0. The first-order valence-corrected chi connectivity index (χ1v) is 7.18. The van der Waals surface area contributed by atoms with E-state index in [2.05, 4.69) is 37.3 Å². The molecular weight excluding hydrogens is 204 g/mol. The molecule has 0 N–H and O–H groups in total. The maximum atomic E-state index is 2.34. The van der Waals surface area contributed by atoms with Crippen molar-refractivity contribution in [2.24, 2.45) is 0 Å². The van der Waals surface area contributed by atoms with Gasteiger partial charge < -0.3 is 0 Å². The Morgan fingerprint density at radius 2 is 1.76 bits per heavy atom. The van der Waals surface area contributed by atoms with Gasteiger partial charge >= 0.3 is 0 Å². The zero-order valence-corrected chi connectivity index (χ0v) is 12.2. The van der Waals surface area contributed by atoms with Crippen molar-refractivity contribution in [1.29, 1.82) is 0 Å². The molecule has 0 aliphatic heterocycles. The smallest absolute Gasteiger partial charge is 0.00882 e. The van der Waals surface area contributed by atoms with Crippen LogP contribution in [0.4, 0.5) is 0 Å². The lowest BCUT2D eigenvalue weighted by molar-refractivity contribution is 0.795. The predicted molar refractivity (Wildman–Crippen MR) is 80.5 cm³/mol. The Bertz CT molecular complexity index is 321. The van der Waals surface area contributed by atoms with Gasteiger partial charge in [-0.2, -0.15) is 0 Å². The fourth-order valence-corrected chi connectivity index (χ4v) is 1.83. The summed E-state index contributed by atoms with van der Waals surface area (Å²) in [5.41, 5.74) is 4.42. The summed E-state index contributed by atoms with van der Waals surface area (Å²) in [4.78, 5) is 0. The number of fused-ring (bicyclic) bond motifs is 1. The monoisotopic (exact) mass is 232 g/mol. The van der Waals surface area contributed by atoms with Crippen molar-refractivity contribution in [3.05, 3.63) is 41.0 Å². The van der Waals surface area contributed by atoms with Gasteiger partial charge in [-0.15, -0.1) is 0 Å². The van der Waals surface area contributed by atoms with Crippen LogP contribution >= 0.6 is 0 Å². The number of benzene rings is 1. The van der Waals surface area contributed by atoms with Crippen LogP contribution in [-0.4, -0.2) is 0 Å². The topological polar surface area (TPSA) is 0 Å². The molecule has 0 bridgehead atoms. The Morgan fingerprint density at radius 3 is 2.41 bits per heavy atom. The second-order valence-corrected chi connectivity index (χ2v) is 3.74. The molecule has 1 aliphatic carbocycles. The molecule has 0 nitrogen and oxygen atoms in total. The van der Waals surface area contributed by atoms with Crippen molar-refractivity contribution < 1.29 is 0 Å². The van der Waals surface area contributed by atoms with Gasteiger partial charge in [-0.1, -0.05) is 71.4 Å². The molecule has 1 aliphatic rings. The second-order valence-electron chi connectivity index (χ2n) is 3.74. The molecule has 0 spiro atoms. The van der Waals surface area contributed by atoms with Crippen LogP contribution in [-0.2, 0) is 12.8 Å². The number of unbranched alkanes of at least 4 members (excludes halogenated alkanes) is 1. The normalized spacial score (nSPS) is 10.9. The van der Waals surface area contributed by atoms with Crippen LogP contribution in [0.3, 0.4) is 0 Å². The summed E-state index contributed by atoms with van der Waals surface area (Å²) in [5, 5.41) is 0. The zero-order chi connectivity index (χ0) is 13.1. The molecule has 96 valence electrons. The number of hydrogen-bond acceptors (Lipinski definition) is 0. The molecule has 0 aromatic heterocycles. The summed E-state index contributed by atoms with van der Waals surface area (Å²) < 4.78 is 0. The van der Waals surface area contributed by atoms with Crippen LogP contribution in [0.25, 0.3) is 6.08 Å². The lowest BCUT2D eigenvalue weighted by atomic mass is 10.0. The molecule has 0 saturated carbocycles. The summed E-state index contributed by atoms with van der Waals surface area (Å²) in [7, 11) is 0. The van der Waals surface area contributed by atoms with Gasteiger partial charge in [-0.25, -0.2) is 0 Å². The molecule has 0 fully saturated rings. The van der Waals surface area contributed by atoms with E-state index in [4.69, 9.17) is 0 Å². The molecule has 0 heterocycles. The molecule has 0 saturated heterocycles. The van der Waals surface area contributed by atoms with Crippen molar-refractivity contribution in [1.82, 2.24) is 0 Å². The summed E-state index contributed by atoms with van der Waals surface area (Å²) >= 11 is 0. The van der Waals surface area contributed by atoms with Gasteiger partial charge in [0, 0.05) is 0 Å². The lowest BCUT2D eigenvalue weighted by Crippen LogP contribution is -1.88. The minimum absolute atomic E-state index is 1.13. The van der Waals surface area contributed by atoms with E-state index >= 15 is 0 Å². The van der Waals surface area contributed by atoms with Gasteiger partial charge in [-0.05, 0) is 36.0 Å². The highest BCUT2D eigenvalue weighted by Gasteiger charge is 2.04. The average molecular weight is 232 g/mol. The van der Waals surface area contributed by atoms with Crippen molar-refractivity contribution in [3.63, 3.8) is 0 Å². The first-order chi connectivity index (χ1) is 8.40. The Morgan fingerprint density at radius 1 is 1.06 bits per heavy atom. The quantitative estimate of drug-likeness (QED) is 0.631. The molecule has 0 heteroatoms. The van der Waals surface area contributed by atoms with Crippen LogP contribution in [0.15, 0.2) is 24.3 Å². The van der Waals surface area contributed by atoms with Crippen molar-refractivity contribution in [2.75, 3.05) is 0 Å². The van der Waals surface area contributed by atoms with Crippen LogP contribution in [0.2, 0.25) is 0 Å². The molecule has 1 aromatic rings. The van der Waals surface area contributed by atoms with Gasteiger partial charge in [0.15, 0.2) is 0 Å². The van der Waals surface area contributed by atoms with E-state index in [1.54, 1.807) is 0 Å². The number of allylic oxidation sites excluding steroid dienone is 1. The molecule has 1 aromatic carbocycles. The van der Waals surface area contributed by atoms with Crippen LogP contribution < -0.4 is 0 Å². The second kappa shape index (κ2) is 10.1. The van der Waals surface area contributed by atoms with E-state index in [0.29, 0.717) is 0 Å². The summed E-state index contributed by atoms with van der Waals surface area (Å²) in [6.07, 6.45) is 9.44. The molecule has 17 heavy (non-hydrogen) atoms. The summed E-state index contributed by atoms with van der Waals surface area (Å²) in [6.45, 7) is 10.2. The highest BCUT2D eigenvalue weighted by Crippen LogP contribution is 2.21. The molecule has 0 unspecified atom stereocenters. The fraction of sp³-hybridized carbons (Fsp3) is 0.529. The minimum atomic E-state index is 1.13. The Balaban J connectivity index is 0.000000581. The van der Waals surface area contributed by atoms with E-state index < -0.39 is 0 Å². The van der Waals surface area contributed by atoms with Gasteiger partial charge in [0.25, 0.3) is 0 Å². The van der Waals surface area contributed by atoms with Crippen LogP contribution in [0.1, 0.15) is 64.2 Å². The van der Waals surface area contributed by atoms with Gasteiger partial charge in [0.1, 0.15) is 0 Å². The van der Waals surface area contributed by atoms with E-state index in [1.807, 2.05) is 27.7 Å². The van der Waals surface area contributed by atoms with E-state index in [1.165, 1.54) is 36.0 Å². The number of rotatable bonds is 3. The van der Waals surface area contributed by atoms with Crippen molar-refractivity contribution in [3.8, 4) is 0 Å². The van der Waals surface area contributed by atoms with Crippen LogP contribution in [0.5, 0.6) is 0 Å².